The van der Waals surface area contributed by atoms with E-state index in [0.717, 1.165) is 12.8 Å². The summed E-state index contributed by atoms with van der Waals surface area (Å²) < 4.78 is 0. The Morgan fingerprint density at radius 2 is 2.25 bits per heavy atom. The first kappa shape index (κ1) is 15.6. The van der Waals surface area contributed by atoms with Gasteiger partial charge < -0.3 is 9.90 Å². The number of hydrogen-bond acceptors (Lipinski definition) is 2. The molecule has 0 aromatic rings. The Labute approximate surface area is 121 Å². The Balaban J connectivity index is 0. The smallest absolute Gasteiger partial charge is 0.550 e. The molecule has 0 aliphatic rings. The van der Waals surface area contributed by atoms with Gasteiger partial charge in [0.05, 0.1) is 5.38 Å². The van der Waals surface area contributed by atoms with Gasteiger partial charge in [-0.2, -0.15) is 0 Å². The molecule has 0 aromatic heterocycles. The van der Waals surface area contributed by atoms with E-state index in [4.69, 9.17) is 11.6 Å². The van der Waals surface area contributed by atoms with Crippen molar-refractivity contribution >= 4 is 17.6 Å². The fourth-order valence-corrected chi connectivity index (χ4v) is 1.01. The van der Waals surface area contributed by atoms with Crippen molar-refractivity contribution in [2.24, 2.45) is 0 Å². The summed E-state index contributed by atoms with van der Waals surface area (Å²) in [4.78, 5) is 9.93. The van der Waals surface area contributed by atoms with Gasteiger partial charge in [-0.1, -0.05) is 25.5 Å². The molecule has 1 unspecified atom stereocenters. The minimum Gasteiger partial charge on any atom is -0.550 e. The summed E-state index contributed by atoms with van der Waals surface area (Å²) >= 11 is 5.76. The Kier molecular flexibility index (Phi) is 13.3. The van der Waals surface area contributed by atoms with Crippen molar-refractivity contribution in [2.45, 2.75) is 31.6 Å². The van der Waals surface area contributed by atoms with Crippen LogP contribution >= 0.6 is 11.6 Å². The molecule has 0 aromatic carbocycles. The molecule has 0 bridgehead atoms. The predicted octanol–water partition coefficient (Wildman–Crippen LogP) is -1.91. The number of carboxylic acids is 1. The number of carboxylic acid groups (broad SMARTS) is 1. The summed E-state index contributed by atoms with van der Waals surface area (Å²) in [7, 11) is 0. The van der Waals surface area contributed by atoms with Gasteiger partial charge in [0.2, 0.25) is 0 Å². The number of allylic oxidation sites excluding steroid dienone is 1. The molecule has 0 rings (SSSR count). The molecule has 2 nitrogen and oxygen atoms in total. The van der Waals surface area contributed by atoms with Crippen LogP contribution in [-0.4, -0.2) is 11.3 Å². The van der Waals surface area contributed by atoms with Crippen LogP contribution in [0, 0.1) is 0 Å². The van der Waals surface area contributed by atoms with Crippen LogP contribution < -0.4 is 56.5 Å². The predicted molar refractivity (Wildman–Crippen MR) is 43.3 cm³/mol. The van der Waals surface area contributed by atoms with Crippen LogP contribution in [0.5, 0.6) is 0 Å². The number of carbonyl (C=O) groups excluding carboxylic acids is 1. The number of alkyl halides is 1. The monoisotopic (exact) mass is 214 g/mol. The average molecular weight is 215 g/mol. The van der Waals surface area contributed by atoms with Crippen LogP contribution in [-0.2, 0) is 4.79 Å². The maximum Gasteiger partial charge on any atom is 1.00 e. The topological polar surface area (TPSA) is 40.1 Å². The second kappa shape index (κ2) is 10.2. The van der Waals surface area contributed by atoms with Crippen molar-refractivity contribution in [1.29, 1.82) is 0 Å². The number of hydrogen-bond donors (Lipinski definition) is 0. The quantitative estimate of drug-likeness (QED) is 0.305. The van der Waals surface area contributed by atoms with Gasteiger partial charge in [0.25, 0.3) is 0 Å². The zero-order valence-corrected chi connectivity index (χ0v) is 11.4. The van der Waals surface area contributed by atoms with Gasteiger partial charge in [0.15, 0.2) is 0 Å². The van der Waals surface area contributed by atoms with Gasteiger partial charge in [0.1, 0.15) is 0 Å². The fraction of sp³-hybridized carbons (Fsp3) is 0.625. The molecular weight excluding hydrogens is 203 g/mol. The summed E-state index contributed by atoms with van der Waals surface area (Å²) in [6.45, 7) is 2.03. The van der Waals surface area contributed by atoms with Crippen LogP contribution in [0.1, 0.15) is 26.2 Å². The standard InChI is InChI=1S/C8H13ClO2.K/c1-2-4-7(9)5-3-6-8(10)11;/h3,5,7H,2,4,6H2,1H3,(H,10,11);/q;+1/p-1/b5-3+;. The molecular formula is C8H12ClKO2. The van der Waals surface area contributed by atoms with Crippen LogP contribution in [0.4, 0.5) is 0 Å². The Morgan fingerprint density at radius 1 is 1.67 bits per heavy atom. The van der Waals surface area contributed by atoms with E-state index in [2.05, 4.69) is 0 Å². The van der Waals surface area contributed by atoms with Crippen molar-refractivity contribution in [3.05, 3.63) is 12.2 Å². The molecule has 4 heteroatoms. The van der Waals surface area contributed by atoms with Gasteiger partial charge in [-0.25, -0.2) is 0 Å². The van der Waals surface area contributed by atoms with E-state index < -0.39 is 5.97 Å². The third-order valence-corrected chi connectivity index (χ3v) is 1.56. The molecule has 0 saturated carbocycles. The summed E-state index contributed by atoms with van der Waals surface area (Å²) in [5.41, 5.74) is 0. The summed E-state index contributed by atoms with van der Waals surface area (Å²) in [5, 5.41) is 9.89. The van der Waals surface area contributed by atoms with Crippen LogP contribution in [0.2, 0.25) is 0 Å². The van der Waals surface area contributed by atoms with E-state index in [9.17, 15) is 9.90 Å². The van der Waals surface area contributed by atoms with Gasteiger partial charge in [0, 0.05) is 12.4 Å². The van der Waals surface area contributed by atoms with Gasteiger partial charge >= 0.3 is 51.4 Å². The average Bonchev–Trinajstić information content (AvgIpc) is 1.87. The maximum atomic E-state index is 9.93. The fourth-order valence-electron chi connectivity index (χ4n) is 0.684. The van der Waals surface area contributed by atoms with Crippen molar-refractivity contribution < 1.29 is 61.3 Å². The molecule has 1 atom stereocenters. The first-order valence-corrected chi connectivity index (χ1v) is 4.11. The van der Waals surface area contributed by atoms with Crippen molar-refractivity contribution in [1.82, 2.24) is 0 Å². The summed E-state index contributed by atoms with van der Waals surface area (Å²) in [6.07, 6.45) is 5.06. The van der Waals surface area contributed by atoms with E-state index in [0.29, 0.717) is 0 Å². The number of halogens is 1. The van der Waals surface area contributed by atoms with Crippen molar-refractivity contribution in [2.75, 3.05) is 0 Å². The maximum absolute atomic E-state index is 9.93. The normalized spacial score (nSPS) is 12.5. The minimum atomic E-state index is -1.07. The number of carbonyl (C=O) groups is 1. The Morgan fingerprint density at radius 3 is 2.67 bits per heavy atom. The van der Waals surface area contributed by atoms with Gasteiger partial charge in [-0.05, 0) is 6.42 Å². The molecule has 64 valence electrons. The second-order valence-corrected chi connectivity index (χ2v) is 2.87. The molecule has 0 aliphatic heterocycles. The Bertz CT molecular complexity index is 148. The first-order valence-electron chi connectivity index (χ1n) is 3.67. The SMILES string of the molecule is CCCC(Cl)/C=C/CC(=O)[O-].[K+]. The van der Waals surface area contributed by atoms with Gasteiger partial charge in [-0.15, -0.1) is 11.6 Å². The molecule has 0 spiro atoms. The number of rotatable bonds is 5. The summed E-state index contributed by atoms with van der Waals surface area (Å²) in [5.74, 6) is -1.07. The summed E-state index contributed by atoms with van der Waals surface area (Å²) in [6, 6.07) is 0. The van der Waals surface area contributed by atoms with Gasteiger partial charge in [-0.3, -0.25) is 0 Å². The third-order valence-electron chi connectivity index (χ3n) is 1.19. The first-order chi connectivity index (χ1) is 5.16. The molecule has 12 heavy (non-hydrogen) atoms. The van der Waals surface area contributed by atoms with E-state index >= 15 is 0 Å². The van der Waals surface area contributed by atoms with Crippen molar-refractivity contribution in [3.63, 3.8) is 0 Å². The molecule has 0 fully saturated rings. The van der Waals surface area contributed by atoms with Crippen LogP contribution in [0.25, 0.3) is 0 Å². The number of aliphatic carboxylic acids is 1. The van der Waals surface area contributed by atoms with E-state index in [1.165, 1.54) is 6.08 Å². The zero-order valence-electron chi connectivity index (χ0n) is 7.55. The minimum absolute atomic E-state index is 0. The van der Waals surface area contributed by atoms with Crippen LogP contribution in [0.15, 0.2) is 12.2 Å². The van der Waals surface area contributed by atoms with E-state index in [-0.39, 0.29) is 63.2 Å². The molecule has 0 radical (unpaired) electrons. The molecule has 0 heterocycles. The van der Waals surface area contributed by atoms with Crippen molar-refractivity contribution in [3.8, 4) is 0 Å². The largest absolute Gasteiger partial charge is 1.00 e. The second-order valence-electron chi connectivity index (χ2n) is 2.31. The van der Waals surface area contributed by atoms with Crippen LogP contribution in [0.3, 0.4) is 0 Å². The molecule has 0 saturated heterocycles. The third kappa shape index (κ3) is 11.1. The molecule has 0 N–H and O–H groups in total. The van der Waals surface area contributed by atoms with E-state index in [1.807, 2.05) is 6.92 Å². The van der Waals surface area contributed by atoms with E-state index in [1.54, 1.807) is 6.08 Å². The zero-order chi connectivity index (χ0) is 8.69. The molecule has 0 aliphatic carbocycles. The molecule has 0 amide bonds. The Hall–Kier alpha value is 1.14.